The van der Waals surface area contributed by atoms with Gasteiger partial charge in [0.25, 0.3) is 6.47 Å². The fourth-order valence-electron chi connectivity index (χ4n) is 15.3. The number of nitriles is 2. The van der Waals surface area contributed by atoms with Gasteiger partial charge in [-0.15, -0.1) is 0 Å². The first-order valence-corrected chi connectivity index (χ1v) is 50.7. The summed E-state index contributed by atoms with van der Waals surface area (Å²) in [5.41, 5.74) is 2.06. The Hall–Kier alpha value is -12.1. The minimum absolute atomic E-state index is 0.00237. The van der Waals surface area contributed by atoms with Gasteiger partial charge in [-0.3, -0.25) is 63.0 Å². The Kier molecular flexibility index (Phi) is 44.1. The summed E-state index contributed by atoms with van der Waals surface area (Å²) in [4.78, 5) is 228. The molecular weight excluding hydrogens is 1960 g/mol. The Morgan fingerprint density at radius 3 is 1.35 bits per heavy atom. The number of ketones is 4. The normalized spacial score (nSPS) is 18.8. The van der Waals surface area contributed by atoms with Crippen molar-refractivity contribution in [3.05, 3.63) is 102 Å². The summed E-state index contributed by atoms with van der Waals surface area (Å²) >= 11 is -9.01. The molecular formula is C80H103In2N17O33. The number of carboxylic acids is 2. The Bertz CT molecular complexity index is 4760. The third-order valence-corrected chi connectivity index (χ3v) is 28.8. The summed E-state index contributed by atoms with van der Waals surface area (Å²) in [6, 6.07) is 17.2. The quantitative estimate of drug-likeness (QED) is 0.0188. The van der Waals surface area contributed by atoms with Crippen LogP contribution in [0.3, 0.4) is 0 Å². The molecule has 6 atom stereocenters. The van der Waals surface area contributed by atoms with Gasteiger partial charge in [0.05, 0.1) is 49.5 Å². The Morgan fingerprint density at radius 2 is 0.917 bits per heavy atom. The number of aromatic nitrogens is 2. The number of fused-ring (bicyclic) bond motifs is 9. The van der Waals surface area contributed by atoms with Gasteiger partial charge in [-0.25, -0.2) is 4.79 Å². The van der Waals surface area contributed by atoms with Crippen LogP contribution in [0.2, 0.25) is 0 Å². The summed E-state index contributed by atoms with van der Waals surface area (Å²) in [6.07, 6.45) is 5.64. The number of carboxylic acid groups (broad SMARTS) is 3. The van der Waals surface area contributed by atoms with Gasteiger partial charge in [-0.2, -0.15) is 10.5 Å². The van der Waals surface area contributed by atoms with Crippen molar-refractivity contribution in [1.29, 1.82) is 10.5 Å². The van der Waals surface area contributed by atoms with E-state index in [1.807, 2.05) is 14.7 Å². The topological polar surface area (TPSA) is 627 Å². The zero-order valence-electron chi connectivity index (χ0n) is 72.3. The number of ether oxygens (including phenoxy) is 4. The standard InChI is InChI=1S/2C40H53N7O12.2In.3NO3/c2*41-25-29-4-3-14-47(29)36(51)10-9-35(50)32-12-13-42-34-8-7-31(24-33(32)34)58-23-2-1-5-30(49)6-11-37(59-28-48)45-19-17-43(26-38(52)53)15-16-44(27-39(54)55)18-20-46(22-21-45)40(56)57;;;3*2-1(3)4/h2*7-8,12-13,24,28-29,37H,1-6,9-11,14-23,26-27H2,(H,52,53)(H,54,55)(H,56,57);;;;;/q;;2*+3;3*-1/p-3/t2*29-,37?;;;;;/m00...../s1. The molecule has 50 nitrogen and oxygen atoms in total. The number of amides is 4. The van der Waals surface area contributed by atoms with Gasteiger partial charge in [-0.1, -0.05) is 0 Å². The van der Waals surface area contributed by atoms with Crippen LogP contribution >= 0.6 is 0 Å². The third kappa shape index (κ3) is 35.9. The number of unbranched alkanes of at least 4 members (excludes halogenated alkanes) is 2. The fourth-order valence-corrected chi connectivity index (χ4v) is 19.8. The van der Waals surface area contributed by atoms with Crippen LogP contribution in [-0.2, 0) is 74.8 Å². The fraction of sp³-hybridized carbons (Fsp3) is 0.575. The third-order valence-electron chi connectivity index (χ3n) is 22.1. The van der Waals surface area contributed by atoms with E-state index >= 15 is 0 Å². The number of carbonyl (C=O) groups excluding carboxylic acids is 11. The summed E-state index contributed by atoms with van der Waals surface area (Å²) in [6.45, 7) is 5.21. The first-order chi connectivity index (χ1) is 63.4. The maximum absolute atomic E-state index is 13.2. The summed E-state index contributed by atoms with van der Waals surface area (Å²) in [7, 11) is 0. The summed E-state index contributed by atoms with van der Waals surface area (Å²) in [5.74, 6) is -3.27. The van der Waals surface area contributed by atoms with E-state index in [1.165, 1.54) is 16.0 Å². The number of aliphatic carboxylic acids is 2. The van der Waals surface area contributed by atoms with Gasteiger partial charge >= 0.3 is 303 Å². The number of likely N-dealkylation sites (tertiary alicyclic amines) is 2. The number of nitrogens with zero attached hydrogens (tertiary/aromatic N) is 17. The molecule has 712 valence electrons. The van der Waals surface area contributed by atoms with Crippen LogP contribution in [0.15, 0.2) is 60.9 Å². The van der Waals surface area contributed by atoms with Crippen molar-refractivity contribution >= 4 is 151 Å². The number of pyridine rings is 2. The molecule has 8 heterocycles. The van der Waals surface area contributed by atoms with Crippen LogP contribution in [0, 0.1) is 53.0 Å². The molecule has 132 heavy (non-hydrogen) atoms. The number of Topliss-reactive ketones (excluding diaryl/α,β-unsaturated/α-hetero) is 4. The second-order valence-corrected chi connectivity index (χ2v) is 38.1. The molecule has 2 aromatic carbocycles. The van der Waals surface area contributed by atoms with Crippen LogP contribution in [0.1, 0.15) is 136 Å². The predicted molar refractivity (Wildman–Crippen MR) is 450 cm³/mol. The van der Waals surface area contributed by atoms with E-state index in [9.17, 15) is 123 Å². The van der Waals surface area contributed by atoms with Crippen LogP contribution in [0.25, 0.3) is 21.8 Å². The van der Waals surface area contributed by atoms with Crippen molar-refractivity contribution in [2.24, 2.45) is 0 Å². The van der Waals surface area contributed by atoms with Gasteiger partial charge in [0.1, 0.15) is 29.4 Å². The minimum atomic E-state index is -4.70. The van der Waals surface area contributed by atoms with E-state index in [-0.39, 0.29) is 204 Å². The second kappa shape index (κ2) is 55.3. The van der Waals surface area contributed by atoms with Gasteiger partial charge in [0.15, 0.2) is 17.8 Å². The molecule has 6 aliphatic rings. The van der Waals surface area contributed by atoms with Crippen molar-refractivity contribution in [3.8, 4) is 23.6 Å². The van der Waals surface area contributed by atoms with E-state index in [1.54, 1.807) is 74.3 Å². The average molecular weight is 2060 g/mol. The van der Waals surface area contributed by atoms with Gasteiger partial charge in [0.2, 0.25) is 11.8 Å². The molecule has 52 heteroatoms. The molecule has 4 unspecified atom stereocenters. The second-order valence-electron chi connectivity index (χ2n) is 31.0. The SMILES string of the molecule is N#C[C@@H]1CCCN1C(=O)CCC(=O)c1ccnc2ccc(OCCCCC(=O)CCC(OC=O)N3CCN(CC(=O)O)CCN(CC(=O)O)CCN(C(=O)O)CC3)cc12.N#C[C@@H]1CCCN1C(=O)CCC(=O)c1ccnc2ccc(OCCCCC(=O)CCC(OC=O)N3CCN4CCN5CCN(CC3)C(=O)[O][In]([O]C(=O)C5)[O]C(=O)C4)cc12.O=[N+]([O-])[O][In]([O][N+](=O)[O-])[O][N+](=O)[O-]. The zero-order chi connectivity index (χ0) is 95.6. The zero-order valence-corrected chi connectivity index (χ0v) is 78.9. The van der Waals surface area contributed by atoms with Crippen LogP contribution in [-0.4, -0.2) is 401 Å². The summed E-state index contributed by atoms with van der Waals surface area (Å²) in [5, 5.41) is 72.9. The Balaban J connectivity index is 0.000000286. The van der Waals surface area contributed by atoms with E-state index in [4.69, 9.17) is 27.5 Å². The molecule has 4 aromatic rings. The first kappa shape index (κ1) is 105. The van der Waals surface area contributed by atoms with Crippen molar-refractivity contribution in [3.63, 3.8) is 0 Å². The molecule has 2 aromatic heterocycles. The van der Waals surface area contributed by atoms with Crippen molar-refractivity contribution < 1.29 is 134 Å². The van der Waals surface area contributed by atoms with E-state index in [2.05, 4.69) is 31.0 Å². The van der Waals surface area contributed by atoms with Crippen LogP contribution in [0.5, 0.6) is 11.5 Å². The molecule has 4 amide bonds. The molecule has 4 bridgehead atoms. The number of rotatable bonds is 42. The molecule has 10 rings (SSSR count). The number of hydrogen-bond donors (Lipinski definition) is 3. The molecule has 6 fully saturated rings. The van der Waals surface area contributed by atoms with Crippen LogP contribution < -0.4 is 9.47 Å². The number of carbonyl (C=O) groups is 14. The maximum atomic E-state index is 13.2. The van der Waals surface area contributed by atoms with Crippen LogP contribution in [0.4, 0.5) is 9.59 Å². The average Bonchev–Trinajstić information content (AvgIpc) is 0.939. The molecule has 6 saturated heterocycles. The predicted octanol–water partition coefficient (Wildman–Crippen LogP) is 2.34. The van der Waals surface area contributed by atoms with E-state index < -0.39 is 121 Å². The monoisotopic (exact) mass is 2060 g/mol. The molecule has 6 aliphatic heterocycles. The van der Waals surface area contributed by atoms with E-state index in [0.717, 1.165) is 17.7 Å². The number of benzene rings is 2. The van der Waals surface area contributed by atoms with E-state index in [0.29, 0.717) is 148 Å². The van der Waals surface area contributed by atoms with Gasteiger partial charge in [0, 0.05) is 145 Å². The number of hydrogen-bond acceptors (Lipinski definition) is 40. The van der Waals surface area contributed by atoms with Crippen molar-refractivity contribution in [1.82, 2.24) is 59.0 Å². The molecule has 3 N–H and O–H groups in total. The van der Waals surface area contributed by atoms with Gasteiger partial charge in [-0.05, 0) is 93.5 Å². The van der Waals surface area contributed by atoms with Gasteiger partial charge < -0.3 is 44.2 Å². The van der Waals surface area contributed by atoms with Crippen molar-refractivity contribution in [2.75, 3.05) is 157 Å². The first-order valence-electron chi connectivity index (χ1n) is 42.7. The Morgan fingerprint density at radius 1 is 0.515 bits per heavy atom. The molecule has 0 aliphatic carbocycles. The Labute approximate surface area is 773 Å². The molecule has 0 radical (unpaired) electrons. The molecule has 0 spiro atoms. The van der Waals surface area contributed by atoms with Crippen molar-refractivity contribution in [2.45, 2.75) is 140 Å². The molecule has 0 saturated carbocycles. The summed E-state index contributed by atoms with van der Waals surface area (Å²) < 4.78 is 49.5.